The van der Waals surface area contributed by atoms with Crippen molar-refractivity contribution in [2.24, 2.45) is 16.7 Å². The first-order chi connectivity index (χ1) is 15.6. The molecule has 1 spiro atoms. The minimum Gasteiger partial charge on any atom is -0.497 e. The Morgan fingerprint density at radius 1 is 1.24 bits per heavy atom. The summed E-state index contributed by atoms with van der Waals surface area (Å²) in [5, 5.41) is 23.1. The van der Waals surface area contributed by atoms with Crippen LogP contribution in [0.3, 0.4) is 0 Å². The highest BCUT2D eigenvalue weighted by atomic mass is 16.6. The number of rotatable bonds is 4. The van der Waals surface area contributed by atoms with E-state index in [1.54, 1.807) is 31.2 Å². The number of aliphatic hydroxyl groups is 2. The van der Waals surface area contributed by atoms with Crippen molar-refractivity contribution in [1.82, 2.24) is 0 Å². The van der Waals surface area contributed by atoms with Gasteiger partial charge in [-0.1, -0.05) is 19.1 Å². The summed E-state index contributed by atoms with van der Waals surface area (Å²) in [4.78, 5) is 39.0. The minimum atomic E-state index is -2.01. The second-order valence-electron chi connectivity index (χ2n) is 10.0. The number of hydrogen-bond donors (Lipinski definition) is 2. The van der Waals surface area contributed by atoms with Crippen LogP contribution in [-0.2, 0) is 35.0 Å². The zero-order valence-electron chi connectivity index (χ0n) is 18.8. The largest absolute Gasteiger partial charge is 0.497 e. The molecule has 4 aliphatic rings. The van der Waals surface area contributed by atoms with Crippen LogP contribution in [-0.4, -0.2) is 65.2 Å². The number of benzene rings is 1. The van der Waals surface area contributed by atoms with Crippen LogP contribution in [0.1, 0.15) is 38.7 Å². The molecule has 2 saturated carbocycles. The standard InChI is InChI=1S/C24H28O9/c1-13-8-9-23(29)21(2)12-31-20(28)24(21,16-11-22(13,23)18(26)19(27)32-16)33-17(25)10-14-4-6-15(30-3)7-5-14/h4-7,13,16,18,26,29H,8-12H2,1-3H3/t13-,16-,18+,21+,22+,23+,24-/m1/s1. The van der Waals surface area contributed by atoms with Crippen molar-refractivity contribution in [3.63, 3.8) is 0 Å². The van der Waals surface area contributed by atoms with Crippen LogP contribution in [0.5, 0.6) is 5.75 Å². The summed E-state index contributed by atoms with van der Waals surface area (Å²) >= 11 is 0. The maximum absolute atomic E-state index is 13.2. The molecule has 2 bridgehead atoms. The Labute approximate surface area is 191 Å². The van der Waals surface area contributed by atoms with E-state index >= 15 is 0 Å². The van der Waals surface area contributed by atoms with Gasteiger partial charge in [0.05, 0.1) is 24.5 Å². The molecule has 4 fully saturated rings. The van der Waals surface area contributed by atoms with E-state index < -0.39 is 52.1 Å². The first-order valence-corrected chi connectivity index (χ1v) is 11.2. The maximum Gasteiger partial charge on any atom is 0.355 e. The number of methoxy groups -OCH3 is 1. The molecule has 0 amide bonds. The molecule has 2 saturated heterocycles. The van der Waals surface area contributed by atoms with Gasteiger partial charge in [0.1, 0.15) is 12.4 Å². The van der Waals surface area contributed by atoms with Crippen molar-refractivity contribution in [1.29, 1.82) is 0 Å². The van der Waals surface area contributed by atoms with Crippen molar-refractivity contribution >= 4 is 17.9 Å². The van der Waals surface area contributed by atoms with Crippen LogP contribution in [0.4, 0.5) is 0 Å². The Morgan fingerprint density at radius 3 is 2.61 bits per heavy atom. The second-order valence-corrected chi connectivity index (χ2v) is 10.0. The van der Waals surface area contributed by atoms with Gasteiger partial charge in [-0.05, 0) is 43.4 Å². The van der Waals surface area contributed by atoms with Gasteiger partial charge in [-0.15, -0.1) is 0 Å². The lowest BCUT2D eigenvalue weighted by Crippen LogP contribution is -2.81. The van der Waals surface area contributed by atoms with Gasteiger partial charge >= 0.3 is 17.9 Å². The molecule has 2 N–H and O–H groups in total. The molecule has 0 radical (unpaired) electrons. The Morgan fingerprint density at radius 2 is 1.94 bits per heavy atom. The van der Waals surface area contributed by atoms with Gasteiger partial charge in [-0.25, -0.2) is 9.59 Å². The van der Waals surface area contributed by atoms with Crippen molar-refractivity contribution in [2.45, 2.75) is 62.9 Å². The SMILES string of the molecule is COc1ccc(CC(=O)O[C@]23C(=O)OC[C@@]2(C)[C@@]2(O)CC[C@@H](C)[C@]24C[C@H]3OC(=O)[C@@H]4O)cc1. The molecule has 9 heteroatoms. The zero-order valence-corrected chi connectivity index (χ0v) is 18.8. The average molecular weight is 460 g/mol. The highest BCUT2D eigenvalue weighted by molar-refractivity contribution is 5.90. The number of aliphatic hydroxyl groups excluding tert-OH is 1. The average Bonchev–Trinajstić information content (AvgIpc) is 3.21. The third-order valence-electron chi connectivity index (χ3n) is 8.84. The molecule has 2 aliphatic heterocycles. The number of hydrogen-bond acceptors (Lipinski definition) is 9. The molecule has 0 unspecified atom stereocenters. The molecule has 1 aromatic rings. The Hall–Kier alpha value is -2.65. The van der Waals surface area contributed by atoms with E-state index in [2.05, 4.69) is 0 Å². The molecule has 0 aromatic heterocycles. The molecule has 33 heavy (non-hydrogen) atoms. The Kier molecular flexibility index (Phi) is 4.65. The fourth-order valence-electron chi connectivity index (χ4n) is 6.99. The van der Waals surface area contributed by atoms with E-state index in [9.17, 15) is 24.6 Å². The van der Waals surface area contributed by atoms with Crippen molar-refractivity contribution in [3.05, 3.63) is 29.8 Å². The predicted octanol–water partition coefficient (Wildman–Crippen LogP) is 0.920. The van der Waals surface area contributed by atoms with E-state index in [0.29, 0.717) is 17.7 Å². The highest BCUT2D eigenvalue weighted by Crippen LogP contribution is 2.72. The fraction of sp³-hybridized carbons (Fsp3) is 0.625. The van der Waals surface area contributed by atoms with E-state index in [1.165, 1.54) is 7.11 Å². The van der Waals surface area contributed by atoms with Gasteiger partial charge in [0.25, 0.3) is 5.60 Å². The van der Waals surface area contributed by atoms with Crippen LogP contribution in [0, 0.1) is 16.7 Å². The lowest BCUT2D eigenvalue weighted by Gasteiger charge is -2.64. The first kappa shape index (κ1) is 22.2. The predicted molar refractivity (Wildman–Crippen MR) is 111 cm³/mol. The topological polar surface area (TPSA) is 129 Å². The molecule has 5 rings (SSSR count). The number of carbonyl (C=O) groups is 3. The summed E-state index contributed by atoms with van der Waals surface area (Å²) < 4.78 is 21.9. The second kappa shape index (κ2) is 6.93. The van der Waals surface area contributed by atoms with Crippen molar-refractivity contribution in [2.75, 3.05) is 13.7 Å². The number of esters is 3. The van der Waals surface area contributed by atoms with Crippen molar-refractivity contribution in [3.8, 4) is 5.75 Å². The van der Waals surface area contributed by atoms with Crippen LogP contribution < -0.4 is 4.74 Å². The third kappa shape index (κ3) is 2.47. The monoisotopic (exact) mass is 460 g/mol. The van der Waals surface area contributed by atoms with Crippen LogP contribution in [0.15, 0.2) is 24.3 Å². The molecular formula is C24H28O9. The third-order valence-corrected chi connectivity index (χ3v) is 8.84. The molecule has 9 nitrogen and oxygen atoms in total. The molecule has 2 aliphatic carbocycles. The molecular weight excluding hydrogens is 432 g/mol. The van der Waals surface area contributed by atoms with Gasteiger partial charge in [0.15, 0.2) is 12.2 Å². The van der Waals surface area contributed by atoms with Crippen molar-refractivity contribution < 1.29 is 43.5 Å². The van der Waals surface area contributed by atoms with Crippen LogP contribution >= 0.6 is 0 Å². The summed E-state index contributed by atoms with van der Waals surface area (Å²) in [5.74, 6) is -2.07. The Bertz CT molecular complexity index is 1020. The fourth-order valence-corrected chi connectivity index (χ4v) is 6.99. The van der Waals surface area contributed by atoms with Crippen LogP contribution in [0.25, 0.3) is 0 Å². The summed E-state index contributed by atoms with van der Waals surface area (Å²) in [7, 11) is 1.54. The molecule has 2 heterocycles. The van der Waals surface area contributed by atoms with Crippen LogP contribution in [0.2, 0.25) is 0 Å². The van der Waals surface area contributed by atoms with E-state index in [0.717, 1.165) is 0 Å². The van der Waals surface area contributed by atoms with E-state index in [1.807, 2.05) is 6.92 Å². The lowest BCUT2D eigenvalue weighted by atomic mass is 9.44. The van der Waals surface area contributed by atoms with Gasteiger partial charge < -0.3 is 29.2 Å². The molecule has 178 valence electrons. The number of carbonyl (C=O) groups excluding carboxylic acids is 3. The first-order valence-electron chi connectivity index (χ1n) is 11.2. The zero-order chi connectivity index (χ0) is 23.8. The summed E-state index contributed by atoms with van der Waals surface area (Å²) in [6.45, 7) is 3.29. The minimum absolute atomic E-state index is 0.00191. The smallest absolute Gasteiger partial charge is 0.355 e. The summed E-state index contributed by atoms with van der Waals surface area (Å²) in [5.41, 5.74) is -5.68. The number of ether oxygens (including phenoxy) is 4. The molecule has 1 aromatic carbocycles. The lowest BCUT2D eigenvalue weighted by molar-refractivity contribution is -0.322. The van der Waals surface area contributed by atoms with Gasteiger partial charge in [0.2, 0.25) is 0 Å². The maximum atomic E-state index is 13.2. The number of cyclic esters (lactones) is 1. The van der Waals surface area contributed by atoms with Gasteiger partial charge in [-0.2, -0.15) is 0 Å². The summed E-state index contributed by atoms with van der Waals surface area (Å²) in [6.07, 6.45) is -2.09. The highest BCUT2D eigenvalue weighted by Gasteiger charge is 2.87. The van der Waals surface area contributed by atoms with E-state index in [-0.39, 0.29) is 31.8 Å². The van der Waals surface area contributed by atoms with Gasteiger partial charge in [0, 0.05) is 11.8 Å². The normalized spacial score (nSPS) is 43.2. The van der Waals surface area contributed by atoms with Gasteiger partial charge in [-0.3, -0.25) is 4.79 Å². The van der Waals surface area contributed by atoms with E-state index in [4.69, 9.17) is 18.9 Å². The summed E-state index contributed by atoms with van der Waals surface area (Å²) in [6, 6.07) is 6.82. The quantitative estimate of drug-likeness (QED) is 0.498. The molecule has 7 atom stereocenters. The number of fused-ring (bicyclic) bond motifs is 4. The Balaban J connectivity index is 1.56.